The van der Waals surface area contributed by atoms with E-state index in [0.29, 0.717) is 0 Å². The Morgan fingerprint density at radius 1 is 1.42 bits per heavy atom. The number of hydrogen-bond donors (Lipinski definition) is 2. The van der Waals surface area contributed by atoms with Crippen LogP contribution >= 0.6 is 15.9 Å². The van der Waals surface area contributed by atoms with Crippen LogP contribution in [-0.4, -0.2) is 25.5 Å². The van der Waals surface area contributed by atoms with Gasteiger partial charge in [0, 0.05) is 0 Å². The monoisotopic (exact) mass is 353 g/mol. The molecule has 0 bridgehead atoms. The summed E-state index contributed by atoms with van der Waals surface area (Å²) in [6.45, 7) is 3.17. The predicted molar refractivity (Wildman–Crippen MR) is 70.7 cm³/mol. The molecule has 0 spiro atoms. The average molecular weight is 354 g/mol. The Kier molecular flexibility index (Phi) is 5.05. The van der Waals surface area contributed by atoms with Crippen LogP contribution in [0.3, 0.4) is 0 Å². The number of nitrogens with one attached hydrogen (secondary N) is 1. The Hall–Kier alpha value is -0.990. The summed E-state index contributed by atoms with van der Waals surface area (Å²) in [5, 5.41) is 8.96. The highest BCUT2D eigenvalue weighted by Crippen LogP contribution is 2.20. The highest BCUT2D eigenvalue weighted by Gasteiger charge is 2.28. The number of carboxylic acids is 1. The van der Waals surface area contributed by atoms with E-state index in [1.54, 1.807) is 13.8 Å². The van der Waals surface area contributed by atoms with Crippen molar-refractivity contribution in [1.29, 1.82) is 0 Å². The van der Waals surface area contributed by atoms with Crippen molar-refractivity contribution in [2.45, 2.75) is 24.8 Å². The minimum absolute atomic E-state index is 0.00760. The molecule has 1 unspecified atom stereocenters. The Balaban J connectivity index is 3.10. The van der Waals surface area contributed by atoms with Gasteiger partial charge < -0.3 is 5.11 Å². The van der Waals surface area contributed by atoms with Crippen molar-refractivity contribution in [2.24, 2.45) is 5.92 Å². The second kappa shape index (κ2) is 5.98. The molecular weight excluding hydrogens is 341 g/mol. The Bertz CT molecular complexity index is 588. The molecular formula is C11H13BrFNO4S. The number of benzene rings is 1. The number of hydrogen-bond acceptors (Lipinski definition) is 3. The summed E-state index contributed by atoms with van der Waals surface area (Å²) in [4.78, 5) is 10.8. The van der Waals surface area contributed by atoms with E-state index in [9.17, 15) is 17.6 Å². The maximum absolute atomic E-state index is 13.0. The van der Waals surface area contributed by atoms with E-state index in [2.05, 4.69) is 20.7 Å². The first-order valence-electron chi connectivity index (χ1n) is 5.35. The molecule has 0 saturated carbocycles. The van der Waals surface area contributed by atoms with Crippen LogP contribution < -0.4 is 4.72 Å². The van der Waals surface area contributed by atoms with Gasteiger partial charge in [0.05, 0.1) is 9.37 Å². The second-order valence-electron chi connectivity index (χ2n) is 4.26. The summed E-state index contributed by atoms with van der Waals surface area (Å²) in [6, 6.07) is 1.90. The lowest BCUT2D eigenvalue weighted by atomic mass is 10.1. The van der Waals surface area contributed by atoms with E-state index in [4.69, 9.17) is 5.11 Å². The van der Waals surface area contributed by atoms with E-state index in [1.807, 2.05) is 0 Å². The molecule has 19 heavy (non-hydrogen) atoms. The topological polar surface area (TPSA) is 83.5 Å². The molecule has 0 radical (unpaired) electrons. The van der Waals surface area contributed by atoms with Crippen LogP contribution in [0, 0.1) is 11.7 Å². The quantitative estimate of drug-likeness (QED) is 0.847. The van der Waals surface area contributed by atoms with Crippen LogP contribution in [0.5, 0.6) is 0 Å². The number of halogens is 2. The van der Waals surface area contributed by atoms with Gasteiger partial charge in [-0.3, -0.25) is 4.79 Å². The first-order chi connectivity index (χ1) is 8.65. The maximum Gasteiger partial charge on any atom is 0.322 e. The van der Waals surface area contributed by atoms with Gasteiger partial charge in [-0.2, -0.15) is 4.72 Å². The van der Waals surface area contributed by atoms with Gasteiger partial charge in [-0.05, 0) is 40.0 Å². The number of sulfonamides is 1. The van der Waals surface area contributed by atoms with E-state index in [-0.39, 0.29) is 9.37 Å². The molecule has 0 amide bonds. The summed E-state index contributed by atoms with van der Waals surface area (Å²) in [7, 11) is -4.02. The lowest BCUT2D eigenvalue weighted by Gasteiger charge is -2.18. The van der Waals surface area contributed by atoms with Crippen molar-refractivity contribution in [3.8, 4) is 0 Å². The smallest absolute Gasteiger partial charge is 0.322 e. The molecule has 5 nitrogen and oxygen atoms in total. The lowest BCUT2D eigenvalue weighted by Crippen LogP contribution is -2.44. The zero-order valence-corrected chi connectivity index (χ0v) is 12.6. The van der Waals surface area contributed by atoms with Gasteiger partial charge in [-0.25, -0.2) is 12.8 Å². The number of rotatable bonds is 5. The molecule has 1 aromatic rings. The molecule has 1 aromatic carbocycles. The summed E-state index contributed by atoms with van der Waals surface area (Å²) in [6.07, 6.45) is 0. The molecule has 106 valence electrons. The molecule has 1 rings (SSSR count). The van der Waals surface area contributed by atoms with Crippen molar-refractivity contribution in [3.63, 3.8) is 0 Å². The van der Waals surface area contributed by atoms with Gasteiger partial charge in [-0.1, -0.05) is 13.8 Å². The molecule has 0 aliphatic rings. The Morgan fingerprint density at radius 3 is 2.42 bits per heavy atom. The van der Waals surface area contributed by atoms with Crippen molar-refractivity contribution in [3.05, 3.63) is 28.5 Å². The predicted octanol–water partition coefficient (Wildman–Crippen LogP) is 1.98. The Labute approximate surface area is 119 Å². The normalized spacial score (nSPS) is 13.5. The average Bonchev–Trinajstić information content (AvgIpc) is 2.28. The van der Waals surface area contributed by atoms with Crippen molar-refractivity contribution in [2.75, 3.05) is 0 Å². The van der Waals surface area contributed by atoms with Crippen LogP contribution in [0.4, 0.5) is 4.39 Å². The Morgan fingerprint density at radius 2 is 2.00 bits per heavy atom. The highest BCUT2D eigenvalue weighted by molar-refractivity contribution is 9.10. The zero-order valence-electron chi connectivity index (χ0n) is 10.2. The third-order valence-electron chi connectivity index (χ3n) is 2.42. The van der Waals surface area contributed by atoms with Gasteiger partial charge in [-0.15, -0.1) is 0 Å². The molecule has 0 heterocycles. The fraction of sp³-hybridized carbons (Fsp3) is 0.364. The summed E-state index contributed by atoms with van der Waals surface area (Å²) >= 11 is 2.88. The molecule has 0 saturated heterocycles. The fourth-order valence-corrected chi connectivity index (χ4v) is 3.24. The van der Waals surface area contributed by atoms with E-state index >= 15 is 0 Å². The van der Waals surface area contributed by atoms with Crippen LogP contribution in [-0.2, 0) is 14.8 Å². The number of carbonyl (C=O) groups is 1. The van der Waals surface area contributed by atoms with Crippen LogP contribution in [0.2, 0.25) is 0 Å². The minimum Gasteiger partial charge on any atom is -0.480 e. The van der Waals surface area contributed by atoms with E-state index in [0.717, 1.165) is 18.2 Å². The molecule has 0 aliphatic carbocycles. The third kappa shape index (κ3) is 3.99. The molecule has 2 N–H and O–H groups in total. The van der Waals surface area contributed by atoms with Crippen LogP contribution in [0.1, 0.15) is 13.8 Å². The largest absolute Gasteiger partial charge is 0.480 e. The van der Waals surface area contributed by atoms with E-state index in [1.165, 1.54) is 0 Å². The van der Waals surface area contributed by atoms with Crippen LogP contribution in [0.15, 0.2) is 27.6 Å². The summed E-state index contributed by atoms with van der Waals surface area (Å²) < 4.78 is 39.1. The van der Waals surface area contributed by atoms with Crippen LogP contribution in [0.25, 0.3) is 0 Å². The SMILES string of the molecule is CC(C)C(NS(=O)(=O)c1ccc(F)c(Br)c1)C(=O)O. The molecule has 1 atom stereocenters. The van der Waals surface area contributed by atoms with Crippen molar-refractivity contribution in [1.82, 2.24) is 4.72 Å². The second-order valence-corrected chi connectivity index (χ2v) is 6.83. The first kappa shape index (κ1) is 16.1. The maximum atomic E-state index is 13.0. The van der Waals surface area contributed by atoms with Crippen molar-refractivity contribution >= 4 is 31.9 Å². The fourth-order valence-electron chi connectivity index (χ4n) is 1.35. The lowest BCUT2D eigenvalue weighted by molar-refractivity contribution is -0.140. The highest BCUT2D eigenvalue weighted by atomic mass is 79.9. The minimum atomic E-state index is -4.02. The molecule has 0 aromatic heterocycles. The van der Waals surface area contributed by atoms with Gasteiger partial charge in [0.2, 0.25) is 10.0 Å². The number of aliphatic carboxylic acids is 1. The number of carboxylic acid groups (broad SMARTS) is 1. The standard InChI is InChI=1S/C11H13BrFNO4S/c1-6(2)10(11(15)16)14-19(17,18)7-3-4-9(13)8(12)5-7/h3-6,10,14H,1-2H3,(H,15,16). The first-order valence-corrected chi connectivity index (χ1v) is 7.63. The van der Waals surface area contributed by atoms with Gasteiger partial charge >= 0.3 is 5.97 Å². The van der Waals surface area contributed by atoms with Gasteiger partial charge in [0.25, 0.3) is 0 Å². The van der Waals surface area contributed by atoms with E-state index < -0.39 is 33.8 Å². The van der Waals surface area contributed by atoms with Gasteiger partial charge in [0.15, 0.2) is 0 Å². The van der Waals surface area contributed by atoms with Gasteiger partial charge in [0.1, 0.15) is 11.9 Å². The molecule has 0 aliphatic heterocycles. The third-order valence-corrected chi connectivity index (χ3v) is 4.46. The summed E-state index contributed by atoms with van der Waals surface area (Å²) in [5.74, 6) is -2.28. The van der Waals surface area contributed by atoms with Crippen molar-refractivity contribution < 1.29 is 22.7 Å². The molecule has 8 heteroatoms. The summed E-state index contributed by atoms with van der Waals surface area (Å²) in [5.41, 5.74) is 0. The molecule has 0 fully saturated rings. The zero-order chi connectivity index (χ0) is 14.8.